The smallest absolute Gasteiger partial charge is 0.254 e. The average Bonchev–Trinajstić information content (AvgIpc) is 3.35. The molecule has 1 aliphatic rings. The Morgan fingerprint density at radius 1 is 1.15 bits per heavy atom. The van der Waals surface area contributed by atoms with Crippen molar-refractivity contribution in [3.63, 3.8) is 0 Å². The normalized spacial score (nSPS) is 17.8. The van der Waals surface area contributed by atoms with Crippen LogP contribution in [0.15, 0.2) is 49.2 Å². The van der Waals surface area contributed by atoms with E-state index in [-0.39, 0.29) is 11.9 Å². The summed E-state index contributed by atoms with van der Waals surface area (Å²) in [5.74, 6) is 0.704. The lowest BCUT2D eigenvalue weighted by molar-refractivity contribution is 0.0606. The number of nitrogens with zero attached hydrogens (tertiary/aromatic N) is 5. The highest BCUT2D eigenvalue weighted by molar-refractivity contribution is 5.97. The Morgan fingerprint density at radius 2 is 2.12 bits per heavy atom. The molecule has 7 nitrogen and oxygen atoms in total. The van der Waals surface area contributed by atoms with Crippen LogP contribution in [-0.4, -0.2) is 41.7 Å². The molecule has 1 aromatic carbocycles. The van der Waals surface area contributed by atoms with Crippen LogP contribution in [0.2, 0.25) is 0 Å². The quantitative estimate of drug-likeness (QED) is 0.605. The molecule has 1 N–H and O–H groups in total. The number of rotatable bonds is 2. The molecular formula is C19H18N6O. The maximum Gasteiger partial charge on any atom is 0.254 e. The third-order valence-electron chi connectivity index (χ3n) is 5.06. The first kappa shape index (κ1) is 15.1. The summed E-state index contributed by atoms with van der Waals surface area (Å²) in [4.78, 5) is 31.4. The largest absolute Gasteiger partial charge is 0.345 e. The number of benzene rings is 1. The monoisotopic (exact) mass is 346 g/mol. The number of carbonyl (C=O) groups excluding carboxylic acids is 1. The van der Waals surface area contributed by atoms with Crippen LogP contribution in [0.3, 0.4) is 0 Å². The molecule has 4 aromatic rings. The van der Waals surface area contributed by atoms with Gasteiger partial charge in [0.05, 0.1) is 29.1 Å². The Labute approximate surface area is 149 Å². The summed E-state index contributed by atoms with van der Waals surface area (Å²) in [6.07, 6.45) is 10.2. The zero-order valence-corrected chi connectivity index (χ0v) is 14.2. The zero-order valence-electron chi connectivity index (χ0n) is 14.2. The highest BCUT2D eigenvalue weighted by Crippen LogP contribution is 2.31. The Bertz CT molecular complexity index is 1100. The van der Waals surface area contributed by atoms with E-state index in [0.29, 0.717) is 11.3 Å². The summed E-state index contributed by atoms with van der Waals surface area (Å²) in [6, 6.07) is 7.58. The molecule has 3 aromatic heterocycles. The number of hydrogen-bond acceptors (Lipinski definition) is 4. The fourth-order valence-corrected chi connectivity index (χ4v) is 3.72. The van der Waals surface area contributed by atoms with E-state index in [1.807, 2.05) is 46.0 Å². The number of amides is 1. The minimum Gasteiger partial charge on any atom is -0.345 e. The maximum atomic E-state index is 13.2. The Hall–Kier alpha value is -3.22. The van der Waals surface area contributed by atoms with Gasteiger partial charge in [0.2, 0.25) is 5.78 Å². The lowest BCUT2D eigenvalue weighted by Gasteiger charge is -2.35. The standard InChI is InChI=1S/C19H18N6O/c26-18(13-4-5-14-16(11-13)22-12-21-14)25-8-2-1-3-17(25)15-6-9-24-10-7-20-19(24)23-15/h4-7,9-12,17H,1-3,8H2,(H,21,22)/t17-/m1/s1. The third kappa shape index (κ3) is 2.44. The van der Waals surface area contributed by atoms with Crippen molar-refractivity contribution in [3.05, 3.63) is 60.4 Å². The van der Waals surface area contributed by atoms with Crippen LogP contribution in [-0.2, 0) is 0 Å². The van der Waals surface area contributed by atoms with Crippen molar-refractivity contribution >= 4 is 22.7 Å². The van der Waals surface area contributed by atoms with Gasteiger partial charge in [0.15, 0.2) is 0 Å². The molecule has 0 radical (unpaired) electrons. The molecule has 0 unspecified atom stereocenters. The van der Waals surface area contributed by atoms with Gasteiger partial charge in [-0.25, -0.2) is 15.0 Å². The molecule has 1 atom stereocenters. The van der Waals surface area contributed by atoms with E-state index in [9.17, 15) is 4.79 Å². The van der Waals surface area contributed by atoms with Gasteiger partial charge >= 0.3 is 0 Å². The van der Waals surface area contributed by atoms with Crippen LogP contribution in [0.25, 0.3) is 16.8 Å². The lowest BCUT2D eigenvalue weighted by Crippen LogP contribution is -2.39. The van der Waals surface area contributed by atoms with Crippen molar-refractivity contribution < 1.29 is 4.79 Å². The molecule has 0 bridgehead atoms. The minimum absolute atomic E-state index is 0.0181. The first-order valence-electron chi connectivity index (χ1n) is 8.83. The van der Waals surface area contributed by atoms with E-state index < -0.39 is 0 Å². The number of fused-ring (bicyclic) bond motifs is 2. The van der Waals surface area contributed by atoms with Gasteiger partial charge in [-0.1, -0.05) is 0 Å². The number of aromatic amines is 1. The molecule has 1 fully saturated rings. The van der Waals surface area contributed by atoms with E-state index in [4.69, 9.17) is 0 Å². The zero-order chi connectivity index (χ0) is 17.5. The van der Waals surface area contributed by atoms with E-state index in [1.54, 1.807) is 12.5 Å². The molecule has 0 saturated carbocycles. The van der Waals surface area contributed by atoms with Crippen molar-refractivity contribution in [2.75, 3.05) is 6.54 Å². The number of H-pyrrole nitrogens is 1. The van der Waals surface area contributed by atoms with Crippen LogP contribution < -0.4 is 0 Å². The lowest BCUT2D eigenvalue weighted by atomic mass is 9.98. The van der Waals surface area contributed by atoms with Crippen molar-refractivity contribution in [1.82, 2.24) is 29.2 Å². The van der Waals surface area contributed by atoms with Crippen LogP contribution in [0.1, 0.15) is 41.4 Å². The van der Waals surface area contributed by atoms with Gasteiger partial charge < -0.3 is 9.88 Å². The van der Waals surface area contributed by atoms with Gasteiger partial charge in [-0.2, -0.15) is 0 Å². The second kappa shape index (κ2) is 5.94. The second-order valence-corrected chi connectivity index (χ2v) is 6.63. The van der Waals surface area contributed by atoms with E-state index in [2.05, 4.69) is 19.9 Å². The van der Waals surface area contributed by atoms with Crippen molar-refractivity contribution in [2.24, 2.45) is 0 Å². The number of likely N-dealkylation sites (tertiary alicyclic amines) is 1. The summed E-state index contributed by atoms with van der Waals surface area (Å²) in [5.41, 5.74) is 3.32. The minimum atomic E-state index is -0.0181. The van der Waals surface area contributed by atoms with Crippen molar-refractivity contribution in [2.45, 2.75) is 25.3 Å². The number of aromatic nitrogens is 5. The molecule has 7 heteroatoms. The van der Waals surface area contributed by atoms with Crippen molar-refractivity contribution in [1.29, 1.82) is 0 Å². The van der Waals surface area contributed by atoms with Gasteiger partial charge in [0.1, 0.15) is 0 Å². The Morgan fingerprint density at radius 3 is 3.08 bits per heavy atom. The van der Waals surface area contributed by atoms with Gasteiger partial charge in [-0.3, -0.25) is 9.20 Å². The Balaban J connectivity index is 1.51. The predicted octanol–water partition coefficient (Wildman–Crippen LogP) is 2.97. The number of hydrogen-bond donors (Lipinski definition) is 1. The molecule has 1 aliphatic heterocycles. The molecule has 0 spiro atoms. The highest BCUT2D eigenvalue weighted by Gasteiger charge is 2.30. The molecular weight excluding hydrogens is 328 g/mol. The van der Waals surface area contributed by atoms with Gasteiger partial charge in [-0.05, 0) is 43.5 Å². The molecule has 0 aliphatic carbocycles. The maximum absolute atomic E-state index is 13.2. The summed E-state index contributed by atoms with van der Waals surface area (Å²) in [5, 5.41) is 0. The number of imidazole rings is 2. The fraction of sp³-hybridized carbons (Fsp3) is 0.263. The Kier molecular flexibility index (Phi) is 3.44. The van der Waals surface area contributed by atoms with Crippen LogP contribution in [0, 0.1) is 0 Å². The summed E-state index contributed by atoms with van der Waals surface area (Å²) < 4.78 is 1.88. The fourth-order valence-electron chi connectivity index (χ4n) is 3.72. The summed E-state index contributed by atoms with van der Waals surface area (Å²) in [7, 11) is 0. The van der Waals surface area contributed by atoms with E-state index in [0.717, 1.165) is 42.5 Å². The molecule has 26 heavy (non-hydrogen) atoms. The third-order valence-corrected chi connectivity index (χ3v) is 5.06. The first-order valence-corrected chi connectivity index (χ1v) is 8.83. The first-order chi connectivity index (χ1) is 12.8. The summed E-state index contributed by atoms with van der Waals surface area (Å²) >= 11 is 0. The SMILES string of the molecule is O=C(c1ccc2nc[nH]c2c1)N1CCCC[C@@H]1c1ccn2ccnc2n1. The van der Waals surface area contributed by atoms with E-state index >= 15 is 0 Å². The van der Waals surface area contributed by atoms with Crippen molar-refractivity contribution in [3.8, 4) is 0 Å². The number of carbonyl (C=O) groups is 1. The highest BCUT2D eigenvalue weighted by atomic mass is 16.2. The summed E-state index contributed by atoms with van der Waals surface area (Å²) in [6.45, 7) is 0.742. The number of piperidine rings is 1. The molecule has 5 rings (SSSR count). The van der Waals surface area contributed by atoms with Crippen LogP contribution in [0.4, 0.5) is 0 Å². The van der Waals surface area contributed by atoms with Gasteiger partial charge in [0.25, 0.3) is 5.91 Å². The number of nitrogens with one attached hydrogen (secondary N) is 1. The molecule has 1 amide bonds. The van der Waals surface area contributed by atoms with Gasteiger partial charge in [0, 0.05) is 30.7 Å². The molecule has 1 saturated heterocycles. The topological polar surface area (TPSA) is 79.2 Å². The molecule has 130 valence electrons. The van der Waals surface area contributed by atoms with E-state index in [1.165, 1.54) is 0 Å². The van der Waals surface area contributed by atoms with Gasteiger partial charge in [-0.15, -0.1) is 0 Å². The average molecular weight is 346 g/mol. The molecule has 4 heterocycles. The predicted molar refractivity (Wildman–Crippen MR) is 96.7 cm³/mol. The second-order valence-electron chi connectivity index (χ2n) is 6.63. The van der Waals surface area contributed by atoms with Crippen LogP contribution >= 0.6 is 0 Å². The van der Waals surface area contributed by atoms with Crippen LogP contribution in [0.5, 0.6) is 0 Å².